The van der Waals surface area contributed by atoms with E-state index in [1.165, 1.54) is 37.4 Å². The predicted octanol–water partition coefficient (Wildman–Crippen LogP) is 1.59. The second-order valence-corrected chi connectivity index (χ2v) is 5.91. The molecule has 6 nitrogen and oxygen atoms in total. The lowest BCUT2D eigenvalue weighted by atomic mass is 10.2. The van der Waals surface area contributed by atoms with Gasteiger partial charge in [0.15, 0.2) is 0 Å². The Labute approximate surface area is 122 Å². The van der Waals surface area contributed by atoms with E-state index in [1.807, 2.05) is 0 Å². The molecule has 0 atom stereocenters. The van der Waals surface area contributed by atoms with Crippen molar-refractivity contribution < 1.29 is 17.9 Å². The predicted molar refractivity (Wildman–Crippen MR) is 78.8 cm³/mol. The molecule has 0 unspecified atom stereocenters. The van der Waals surface area contributed by atoms with Gasteiger partial charge in [0, 0.05) is 11.3 Å². The quantitative estimate of drug-likeness (QED) is 0.876. The number of carbonyl (C=O) groups excluding carboxylic acids is 1. The molecule has 21 heavy (non-hydrogen) atoms. The lowest BCUT2D eigenvalue weighted by Gasteiger charge is -2.09. The van der Waals surface area contributed by atoms with E-state index in [9.17, 15) is 13.2 Å². The first-order valence-electron chi connectivity index (χ1n) is 5.99. The number of primary amides is 1. The number of hydrogen-bond donors (Lipinski definition) is 2. The molecule has 0 spiro atoms. The largest absolute Gasteiger partial charge is 0.497 e. The van der Waals surface area contributed by atoms with E-state index < -0.39 is 15.9 Å². The number of nitrogens with two attached hydrogens (primary N) is 1. The average Bonchev–Trinajstić information content (AvgIpc) is 2.47. The highest BCUT2D eigenvalue weighted by Gasteiger charge is 2.14. The monoisotopic (exact) mass is 306 g/mol. The Balaban J connectivity index is 2.28. The van der Waals surface area contributed by atoms with Gasteiger partial charge in [0.25, 0.3) is 10.0 Å². The molecule has 0 saturated heterocycles. The third-order valence-electron chi connectivity index (χ3n) is 2.77. The van der Waals surface area contributed by atoms with Gasteiger partial charge in [-0.05, 0) is 42.5 Å². The first kappa shape index (κ1) is 14.9. The van der Waals surface area contributed by atoms with Gasteiger partial charge in [-0.15, -0.1) is 0 Å². The van der Waals surface area contributed by atoms with Gasteiger partial charge in [0.2, 0.25) is 5.91 Å². The molecule has 0 heterocycles. The maximum absolute atomic E-state index is 12.2. The van der Waals surface area contributed by atoms with Crippen LogP contribution >= 0.6 is 0 Å². The SMILES string of the molecule is COc1ccc(S(=O)(=O)Nc2cccc(C(N)=O)c2)cc1. The second kappa shape index (κ2) is 5.84. The third-order valence-corrected chi connectivity index (χ3v) is 4.17. The van der Waals surface area contributed by atoms with Gasteiger partial charge < -0.3 is 10.5 Å². The van der Waals surface area contributed by atoms with Crippen LogP contribution in [0.1, 0.15) is 10.4 Å². The summed E-state index contributed by atoms with van der Waals surface area (Å²) in [4.78, 5) is 11.2. The minimum absolute atomic E-state index is 0.0905. The van der Waals surface area contributed by atoms with Crippen molar-refractivity contribution in [3.8, 4) is 5.75 Å². The standard InChI is InChI=1S/C14H14N2O4S/c1-20-12-5-7-13(8-6-12)21(18,19)16-11-4-2-3-10(9-11)14(15)17/h2-9,16H,1H3,(H2,15,17). The number of benzene rings is 2. The zero-order chi connectivity index (χ0) is 15.5. The molecule has 0 aliphatic heterocycles. The summed E-state index contributed by atoms with van der Waals surface area (Å²) in [6, 6.07) is 11.9. The molecule has 1 amide bonds. The number of amides is 1. The molecule has 7 heteroatoms. The van der Waals surface area contributed by atoms with Crippen LogP contribution in [0.25, 0.3) is 0 Å². The van der Waals surface area contributed by atoms with E-state index >= 15 is 0 Å². The van der Waals surface area contributed by atoms with Crippen molar-refractivity contribution in [1.82, 2.24) is 0 Å². The van der Waals surface area contributed by atoms with E-state index in [2.05, 4.69) is 4.72 Å². The molecule has 0 aliphatic rings. The molecular weight excluding hydrogens is 292 g/mol. The number of rotatable bonds is 5. The lowest BCUT2D eigenvalue weighted by Crippen LogP contribution is -2.15. The summed E-state index contributed by atoms with van der Waals surface area (Å²) >= 11 is 0. The van der Waals surface area contributed by atoms with Crippen LogP contribution in [0.15, 0.2) is 53.4 Å². The van der Waals surface area contributed by atoms with E-state index in [4.69, 9.17) is 10.5 Å². The molecule has 0 aliphatic carbocycles. The summed E-state index contributed by atoms with van der Waals surface area (Å²) in [5.74, 6) is -0.0647. The highest BCUT2D eigenvalue weighted by molar-refractivity contribution is 7.92. The average molecular weight is 306 g/mol. The first-order chi connectivity index (χ1) is 9.92. The van der Waals surface area contributed by atoms with E-state index in [1.54, 1.807) is 18.2 Å². The van der Waals surface area contributed by atoms with Gasteiger partial charge in [-0.1, -0.05) is 6.07 Å². The van der Waals surface area contributed by atoms with E-state index in [-0.39, 0.29) is 16.1 Å². The van der Waals surface area contributed by atoms with Crippen molar-refractivity contribution in [3.63, 3.8) is 0 Å². The minimum Gasteiger partial charge on any atom is -0.497 e. The highest BCUT2D eigenvalue weighted by atomic mass is 32.2. The molecule has 110 valence electrons. The second-order valence-electron chi connectivity index (χ2n) is 4.23. The summed E-state index contributed by atoms with van der Waals surface area (Å²) in [5.41, 5.74) is 5.65. The van der Waals surface area contributed by atoms with Crippen molar-refractivity contribution in [2.24, 2.45) is 5.73 Å². The van der Waals surface area contributed by atoms with Crippen LogP contribution in [0.5, 0.6) is 5.75 Å². The first-order valence-corrected chi connectivity index (χ1v) is 7.47. The minimum atomic E-state index is -3.74. The van der Waals surface area contributed by atoms with Crippen LogP contribution in [0.3, 0.4) is 0 Å². The fraction of sp³-hybridized carbons (Fsp3) is 0.0714. The number of carbonyl (C=O) groups is 1. The van der Waals surface area contributed by atoms with Gasteiger partial charge in [0.05, 0.1) is 12.0 Å². The maximum atomic E-state index is 12.2. The summed E-state index contributed by atoms with van der Waals surface area (Å²) in [6.07, 6.45) is 0. The maximum Gasteiger partial charge on any atom is 0.261 e. The third kappa shape index (κ3) is 3.51. The van der Waals surface area contributed by atoms with Crippen molar-refractivity contribution in [1.29, 1.82) is 0 Å². The smallest absolute Gasteiger partial charge is 0.261 e. The Morgan fingerprint density at radius 3 is 2.38 bits per heavy atom. The Morgan fingerprint density at radius 1 is 1.14 bits per heavy atom. The summed E-state index contributed by atoms with van der Waals surface area (Å²) < 4.78 is 31.8. The molecule has 2 rings (SSSR count). The van der Waals surface area contributed by atoms with Gasteiger partial charge in [-0.2, -0.15) is 0 Å². The highest BCUT2D eigenvalue weighted by Crippen LogP contribution is 2.19. The van der Waals surface area contributed by atoms with Crippen molar-refractivity contribution in [2.45, 2.75) is 4.90 Å². The lowest BCUT2D eigenvalue weighted by molar-refractivity contribution is 0.100. The fourth-order valence-electron chi connectivity index (χ4n) is 1.70. The number of ether oxygens (including phenoxy) is 1. The zero-order valence-electron chi connectivity index (χ0n) is 11.2. The number of hydrogen-bond acceptors (Lipinski definition) is 4. The Hall–Kier alpha value is -2.54. The Bertz CT molecular complexity index is 755. The van der Waals surface area contributed by atoms with Crippen LogP contribution in [0.4, 0.5) is 5.69 Å². The molecule has 2 aromatic rings. The van der Waals surface area contributed by atoms with Crippen molar-refractivity contribution in [3.05, 3.63) is 54.1 Å². The normalized spacial score (nSPS) is 10.9. The van der Waals surface area contributed by atoms with Gasteiger partial charge >= 0.3 is 0 Å². The van der Waals surface area contributed by atoms with Gasteiger partial charge in [-0.25, -0.2) is 8.42 Å². The summed E-state index contributed by atoms with van der Waals surface area (Å²) in [6.45, 7) is 0. The topological polar surface area (TPSA) is 98.5 Å². The van der Waals surface area contributed by atoms with Crippen LogP contribution < -0.4 is 15.2 Å². The molecule has 0 aromatic heterocycles. The van der Waals surface area contributed by atoms with Gasteiger partial charge in [0.1, 0.15) is 5.75 Å². The molecule has 0 bridgehead atoms. The molecular formula is C14H14N2O4S. The van der Waals surface area contributed by atoms with Crippen LogP contribution in [-0.2, 0) is 10.0 Å². The fourth-order valence-corrected chi connectivity index (χ4v) is 2.75. The summed E-state index contributed by atoms with van der Waals surface area (Å²) in [7, 11) is -2.24. The molecule has 3 N–H and O–H groups in total. The van der Waals surface area contributed by atoms with Gasteiger partial charge in [-0.3, -0.25) is 9.52 Å². The number of anilines is 1. The Morgan fingerprint density at radius 2 is 1.81 bits per heavy atom. The zero-order valence-corrected chi connectivity index (χ0v) is 12.1. The van der Waals surface area contributed by atoms with E-state index in [0.29, 0.717) is 5.75 Å². The van der Waals surface area contributed by atoms with Crippen LogP contribution in [0.2, 0.25) is 0 Å². The van der Waals surface area contributed by atoms with Crippen LogP contribution in [0, 0.1) is 0 Å². The molecule has 0 saturated carbocycles. The molecule has 0 radical (unpaired) electrons. The number of nitrogens with one attached hydrogen (secondary N) is 1. The molecule has 0 fully saturated rings. The van der Waals surface area contributed by atoms with Crippen molar-refractivity contribution >= 4 is 21.6 Å². The van der Waals surface area contributed by atoms with E-state index in [0.717, 1.165) is 0 Å². The number of methoxy groups -OCH3 is 1. The Kier molecular flexibility index (Phi) is 4.13. The van der Waals surface area contributed by atoms with Crippen LogP contribution in [-0.4, -0.2) is 21.4 Å². The summed E-state index contributed by atoms with van der Waals surface area (Å²) in [5, 5.41) is 0. The molecule has 2 aromatic carbocycles. The van der Waals surface area contributed by atoms with Crippen molar-refractivity contribution in [2.75, 3.05) is 11.8 Å². The number of sulfonamides is 1.